The number of nitrogens with one attached hydrogen (secondary N) is 1. The molecule has 0 aliphatic carbocycles. The fourth-order valence-electron chi connectivity index (χ4n) is 3.19. The van der Waals surface area contributed by atoms with Crippen LogP contribution in [0.2, 0.25) is 0 Å². The van der Waals surface area contributed by atoms with Crippen LogP contribution in [0.25, 0.3) is 16.7 Å². The molecule has 2 aromatic heterocycles. The summed E-state index contributed by atoms with van der Waals surface area (Å²) in [6.45, 7) is 0.0570. The first-order valence-corrected chi connectivity index (χ1v) is 8.75. The lowest BCUT2D eigenvalue weighted by molar-refractivity contribution is -0.120. The lowest BCUT2D eigenvalue weighted by Crippen LogP contribution is -2.35. The molecule has 138 valence electrons. The maximum absolute atomic E-state index is 11.9. The molecule has 0 spiro atoms. The Morgan fingerprint density at radius 2 is 1.96 bits per heavy atom. The monoisotopic (exact) mass is 372 g/mol. The van der Waals surface area contributed by atoms with E-state index in [4.69, 9.17) is 4.74 Å². The van der Waals surface area contributed by atoms with Gasteiger partial charge in [-0.05, 0) is 30.3 Å². The highest BCUT2D eigenvalue weighted by Gasteiger charge is 2.22. The molecule has 0 bridgehead atoms. The molecular formula is C20H16N6O2. The minimum Gasteiger partial charge on any atom is -0.482 e. The van der Waals surface area contributed by atoms with Crippen molar-refractivity contribution < 1.29 is 9.53 Å². The molecule has 1 amide bonds. The van der Waals surface area contributed by atoms with Crippen molar-refractivity contribution >= 4 is 34.1 Å². The number of fused-ring (bicyclic) bond motifs is 2. The van der Waals surface area contributed by atoms with Gasteiger partial charge in [-0.2, -0.15) is 5.10 Å². The van der Waals surface area contributed by atoms with Crippen molar-refractivity contribution in [2.45, 2.75) is 0 Å². The van der Waals surface area contributed by atoms with E-state index in [1.165, 1.54) is 6.33 Å². The van der Waals surface area contributed by atoms with Gasteiger partial charge in [0.15, 0.2) is 12.3 Å². The molecule has 2 aromatic carbocycles. The lowest BCUT2D eigenvalue weighted by atomic mass is 10.2. The minimum absolute atomic E-state index is 0.0570. The van der Waals surface area contributed by atoms with Crippen LogP contribution in [-0.4, -0.2) is 39.3 Å². The maximum Gasteiger partial charge on any atom is 0.264 e. The van der Waals surface area contributed by atoms with Crippen LogP contribution in [-0.2, 0) is 4.79 Å². The van der Waals surface area contributed by atoms with E-state index in [0.29, 0.717) is 22.9 Å². The fraction of sp³-hybridized carbons (Fsp3) is 0.100. The Balaban J connectivity index is 1.53. The van der Waals surface area contributed by atoms with Crippen molar-refractivity contribution in [1.82, 2.24) is 19.7 Å². The molecule has 0 unspecified atom stereocenters. The SMILES string of the molecule is CN1C(=O)COc2ccc(Nc3ncnc4c3cnn4-c3ccccc3)cc21. The molecule has 3 heterocycles. The van der Waals surface area contributed by atoms with Crippen LogP contribution in [0, 0.1) is 0 Å². The smallest absolute Gasteiger partial charge is 0.264 e. The van der Waals surface area contributed by atoms with Crippen LogP contribution in [0.4, 0.5) is 17.2 Å². The van der Waals surface area contributed by atoms with Crippen LogP contribution in [0.5, 0.6) is 5.75 Å². The van der Waals surface area contributed by atoms with Crippen molar-refractivity contribution in [3.05, 3.63) is 61.1 Å². The average molecular weight is 372 g/mol. The predicted molar refractivity (Wildman–Crippen MR) is 105 cm³/mol. The van der Waals surface area contributed by atoms with Gasteiger partial charge in [-0.15, -0.1) is 0 Å². The Kier molecular flexibility index (Phi) is 3.68. The third-order valence-electron chi connectivity index (χ3n) is 4.67. The molecule has 4 aromatic rings. The zero-order chi connectivity index (χ0) is 19.1. The number of likely N-dealkylation sites (N-methyl/N-ethyl adjacent to an activating group) is 1. The molecule has 1 aliphatic rings. The van der Waals surface area contributed by atoms with Crippen molar-refractivity contribution in [1.29, 1.82) is 0 Å². The van der Waals surface area contributed by atoms with E-state index in [9.17, 15) is 4.79 Å². The van der Waals surface area contributed by atoms with Crippen LogP contribution < -0.4 is 15.0 Å². The van der Waals surface area contributed by atoms with Crippen LogP contribution >= 0.6 is 0 Å². The summed E-state index contributed by atoms with van der Waals surface area (Å²) >= 11 is 0. The number of anilines is 3. The number of para-hydroxylation sites is 1. The summed E-state index contributed by atoms with van der Waals surface area (Å²) in [6, 6.07) is 15.4. The number of carbonyl (C=O) groups excluding carboxylic acids is 1. The minimum atomic E-state index is -0.0850. The molecule has 0 saturated carbocycles. The summed E-state index contributed by atoms with van der Waals surface area (Å²) in [7, 11) is 1.74. The molecular weight excluding hydrogens is 356 g/mol. The van der Waals surface area contributed by atoms with Crippen molar-refractivity contribution in [2.24, 2.45) is 0 Å². The zero-order valence-electron chi connectivity index (χ0n) is 15.0. The highest BCUT2D eigenvalue weighted by molar-refractivity contribution is 5.98. The van der Waals surface area contributed by atoms with E-state index >= 15 is 0 Å². The van der Waals surface area contributed by atoms with Gasteiger partial charge < -0.3 is 15.0 Å². The van der Waals surface area contributed by atoms with E-state index in [-0.39, 0.29) is 12.5 Å². The Bertz CT molecular complexity index is 1190. The van der Waals surface area contributed by atoms with Gasteiger partial charge >= 0.3 is 0 Å². The molecule has 0 radical (unpaired) electrons. The Morgan fingerprint density at radius 3 is 2.82 bits per heavy atom. The number of rotatable bonds is 3. The molecule has 5 rings (SSSR count). The zero-order valence-corrected chi connectivity index (χ0v) is 15.0. The predicted octanol–water partition coefficient (Wildman–Crippen LogP) is 2.91. The second kappa shape index (κ2) is 6.34. The highest BCUT2D eigenvalue weighted by atomic mass is 16.5. The summed E-state index contributed by atoms with van der Waals surface area (Å²) in [5.41, 5.74) is 3.13. The normalized spacial score (nSPS) is 13.3. The van der Waals surface area contributed by atoms with Gasteiger partial charge in [-0.1, -0.05) is 18.2 Å². The summed E-state index contributed by atoms with van der Waals surface area (Å²) < 4.78 is 7.25. The molecule has 8 nitrogen and oxygen atoms in total. The number of ether oxygens (including phenoxy) is 1. The van der Waals surface area contributed by atoms with Gasteiger partial charge in [0.05, 0.1) is 23.0 Å². The number of benzene rings is 2. The quantitative estimate of drug-likeness (QED) is 0.595. The third kappa shape index (κ3) is 2.62. The second-order valence-electron chi connectivity index (χ2n) is 6.40. The molecule has 28 heavy (non-hydrogen) atoms. The van der Waals surface area contributed by atoms with Crippen molar-refractivity contribution in [2.75, 3.05) is 23.9 Å². The first-order chi connectivity index (χ1) is 13.7. The largest absolute Gasteiger partial charge is 0.482 e. The number of hydrogen-bond acceptors (Lipinski definition) is 6. The van der Waals surface area contributed by atoms with Gasteiger partial charge in [0.2, 0.25) is 0 Å². The topological polar surface area (TPSA) is 85.2 Å². The van der Waals surface area contributed by atoms with Gasteiger partial charge in [0.25, 0.3) is 5.91 Å². The second-order valence-corrected chi connectivity index (χ2v) is 6.40. The van der Waals surface area contributed by atoms with Crippen LogP contribution in [0.15, 0.2) is 61.1 Å². The van der Waals surface area contributed by atoms with Crippen molar-refractivity contribution in [3.8, 4) is 11.4 Å². The van der Waals surface area contributed by atoms with Crippen LogP contribution in [0.1, 0.15) is 0 Å². The first kappa shape index (κ1) is 16.2. The number of nitrogens with zero attached hydrogens (tertiary/aromatic N) is 5. The number of aromatic nitrogens is 4. The number of hydrogen-bond donors (Lipinski definition) is 1. The van der Waals surface area contributed by atoms with E-state index in [1.54, 1.807) is 22.8 Å². The standard InChI is InChI=1S/C20H16N6O2/c1-25-16-9-13(7-8-17(16)28-11-18(25)27)24-19-15-10-23-26(20(15)22-12-21-19)14-5-3-2-4-6-14/h2-10,12H,11H2,1H3,(H,21,22,24). The van der Waals surface area contributed by atoms with Gasteiger partial charge in [-0.25, -0.2) is 14.6 Å². The average Bonchev–Trinajstić information content (AvgIpc) is 3.17. The van der Waals surface area contributed by atoms with E-state index in [0.717, 1.165) is 16.8 Å². The highest BCUT2D eigenvalue weighted by Crippen LogP contribution is 2.35. The Labute approximate surface area is 160 Å². The van der Waals surface area contributed by atoms with E-state index in [1.807, 2.05) is 48.5 Å². The van der Waals surface area contributed by atoms with E-state index in [2.05, 4.69) is 20.4 Å². The van der Waals surface area contributed by atoms with Gasteiger partial charge in [0, 0.05) is 12.7 Å². The fourth-order valence-corrected chi connectivity index (χ4v) is 3.19. The molecule has 0 saturated heterocycles. The molecule has 1 aliphatic heterocycles. The summed E-state index contributed by atoms with van der Waals surface area (Å²) in [6.07, 6.45) is 3.24. The molecule has 8 heteroatoms. The number of amides is 1. The molecule has 1 N–H and O–H groups in total. The Hall–Kier alpha value is -3.94. The summed E-state index contributed by atoms with van der Waals surface area (Å²) in [5.74, 6) is 1.23. The van der Waals surface area contributed by atoms with Crippen LogP contribution in [0.3, 0.4) is 0 Å². The summed E-state index contributed by atoms with van der Waals surface area (Å²) in [4.78, 5) is 22.2. The third-order valence-corrected chi connectivity index (χ3v) is 4.67. The number of carbonyl (C=O) groups is 1. The molecule has 0 fully saturated rings. The van der Waals surface area contributed by atoms with E-state index < -0.39 is 0 Å². The molecule has 0 atom stereocenters. The lowest BCUT2D eigenvalue weighted by Gasteiger charge is -2.26. The Morgan fingerprint density at radius 1 is 1.11 bits per heavy atom. The van der Waals surface area contributed by atoms with Crippen molar-refractivity contribution in [3.63, 3.8) is 0 Å². The maximum atomic E-state index is 11.9. The van der Waals surface area contributed by atoms with Gasteiger partial charge in [-0.3, -0.25) is 4.79 Å². The first-order valence-electron chi connectivity index (χ1n) is 8.75. The van der Waals surface area contributed by atoms with Gasteiger partial charge in [0.1, 0.15) is 17.9 Å². The summed E-state index contributed by atoms with van der Waals surface area (Å²) in [5, 5.41) is 8.56.